The van der Waals surface area contributed by atoms with Crippen molar-refractivity contribution >= 4 is 11.9 Å². The lowest BCUT2D eigenvalue weighted by molar-refractivity contribution is -0.484. The van der Waals surface area contributed by atoms with E-state index in [1.165, 1.54) is 21.0 Å². The first-order valence-corrected chi connectivity index (χ1v) is 7.74. The molecule has 0 aromatic heterocycles. The molecule has 0 aliphatic carbocycles. The predicted octanol–water partition coefficient (Wildman–Crippen LogP) is 2.08. The van der Waals surface area contributed by atoms with Crippen molar-refractivity contribution in [3.8, 4) is 5.75 Å². The Labute approximate surface area is 148 Å². The summed E-state index contributed by atoms with van der Waals surface area (Å²) in [6, 6.07) is 1.61. The zero-order valence-electron chi connectivity index (χ0n) is 14.5. The Morgan fingerprint density at radius 1 is 1.12 bits per heavy atom. The highest BCUT2D eigenvalue weighted by Gasteiger charge is 2.44. The van der Waals surface area contributed by atoms with Gasteiger partial charge in [0.25, 0.3) is 0 Å². The molecule has 0 radical (unpaired) electrons. The molecule has 8 nitrogen and oxygen atoms in total. The Bertz CT molecular complexity index is 640. The van der Waals surface area contributed by atoms with Crippen LogP contribution in [0.2, 0.25) is 0 Å². The molecule has 10 heteroatoms. The van der Waals surface area contributed by atoms with Gasteiger partial charge in [0.2, 0.25) is 6.54 Å². The van der Waals surface area contributed by atoms with Crippen LogP contribution in [-0.2, 0) is 19.1 Å². The molecular weight excluding hydrogens is 356 g/mol. The van der Waals surface area contributed by atoms with Crippen LogP contribution in [0.1, 0.15) is 25.3 Å². The van der Waals surface area contributed by atoms with Crippen molar-refractivity contribution in [3.05, 3.63) is 39.4 Å². The molecule has 26 heavy (non-hydrogen) atoms. The Kier molecular flexibility index (Phi) is 7.88. The van der Waals surface area contributed by atoms with E-state index in [1.54, 1.807) is 0 Å². The SMILES string of the molecule is CCOC(=O)C(C(=O)OCC)[C@@H](C[N+](=O)[O-])c1c(F)cc(OC)cc1F. The van der Waals surface area contributed by atoms with Crippen molar-refractivity contribution in [3.63, 3.8) is 0 Å². The molecule has 1 atom stereocenters. The lowest BCUT2D eigenvalue weighted by Gasteiger charge is -2.22. The van der Waals surface area contributed by atoms with Gasteiger partial charge in [-0.2, -0.15) is 0 Å². The summed E-state index contributed by atoms with van der Waals surface area (Å²) in [5.41, 5.74) is -0.784. The van der Waals surface area contributed by atoms with Gasteiger partial charge in [0, 0.05) is 22.6 Å². The second-order valence-corrected chi connectivity index (χ2v) is 5.11. The number of hydrogen-bond acceptors (Lipinski definition) is 7. The summed E-state index contributed by atoms with van der Waals surface area (Å²) in [6.07, 6.45) is 0. The Hall–Kier alpha value is -2.78. The van der Waals surface area contributed by atoms with Gasteiger partial charge in [-0.3, -0.25) is 19.7 Å². The molecule has 0 bridgehead atoms. The van der Waals surface area contributed by atoms with Crippen LogP contribution in [0.4, 0.5) is 8.78 Å². The second-order valence-electron chi connectivity index (χ2n) is 5.11. The van der Waals surface area contributed by atoms with Crippen LogP contribution in [0.25, 0.3) is 0 Å². The lowest BCUT2D eigenvalue weighted by atomic mass is 9.85. The van der Waals surface area contributed by atoms with Crippen molar-refractivity contribution in [2.24, 2.45) is 5.92 Å². The maximum Gasteiger partial charge on any atom is 0.321 e. The van der Waals surface area contributed by atoms with Gasteiger partial charge in [0.1, 0.15) is 17.4 Å². The molecule has 0 fully saturated rings. The van der Waals surface area contributed by atoms with Crippen LogP contribution in [0.5, 0.6) is 5.75 Å². The number of rotatable bonds is 9. The first kappa shape index (κ1) is 21.3. The zero-order chi connectivity index (χ0) is 19.9. The quantitative estimate of drug-likeness (QED) is 0.282. The minimum atomic E-state index is -1.89. The third-order valence-electron chi connectivity index (χ3n) is 3.49. The summed E-state index contributed by atoms with van der Waals surface area (Å²) in [5, 5.41) is 11.0. The number of carbonyl (C=O) groups excluding carboxylic acids is 2. The van der Waals surface area contributed by atoms with Gasteiger partial charge in [-0.1, -0.05) is 0 Å². The third kappa shape index (κ3) is 5.11. The topological polar surface area (TPSA) is 105 Å². The predicted molar refractivity (Wildman–Crippen MR) is 84.3 cm³/mol. The molecule has 0 saturated carbocycles. The minimum Gasteiger partial charge on any atom is -0.497 e. The molecule has 0 unspecified atom stereocenters. The van der Waals surface area contributed by atoms with Gasteiger partial charge in [-0.05, 0) is 13.8 Å². The van der Waals surface area contributed by atoms with E-state index in [4.69, 9.17) is 14.2 Å². The van der Waals surface area contributed by atoms with Crippen LogP contribution < -0.4 is 4.74 Å². The van der Waals surface area contributed by atoms with Crippen molar-refractivity contribution in [2.75, 3.05) is 26.9 Å². The monoisotopic (exact) mass is 375 g/mol. The van der Waals surface area contributed by atoms with Gasteiger partial charge in [-0.25, -0.2) is 8.78 Å². The molecule has 0 N–H and O–H groups in total. The number of nitro groups is 1. The molecular formula is C16H19F2NO7. The molecule has 0 heterocycles. The third-order valence-corrected chi connectivity index (χ3v) is 3.49. The first-order chi connectivity index (χ1) is 12.3. The highest BCUT2D eigenvalue weighted by atomic mass is 19.1. The zero-order valence-corrected chi connectivity index (χ0v) is 14.5. The van der Waals surface area contributed by atoms with Crippen molar-refractivity contribution in [1.29, 1.82) is 0 Å². The maximum atomic E-state index is 14.4. The second kappa shape index (κ2) is 9.64. The molecule has 1 aromatic rings. The molecule has 0 aliphatic heterocycles. The fourth-order valence-electron chi connectivity index (χ4n) is 2.45. The van der Waals surface area contributed by atoms with Crippen LogP contribution >= 0.6 is 0 Å². The van der Waals surface area contributed by atoms with Crippen LogP contribution in [-0.4, -0.2) is 43.7 Å². The van der Waals surface area contributed by atoms with Gasteiger partial charge in [0.15, 0.2) is 5.92 Å². The molecule has 0 spiro atoms. The van der Waals surface area contributed by atoms with E-state index in [1.807, 2.05) is 0 Å². The summed E-state index contributed by atoms with van der Waals surface area (Å²) in [6.45, 7) is 1.57. The van der Waals surface area contributed by atoms with Gasteiger partial charge in [0.05, 0.1) is 26.2 Å². The summed E-state index contributed by atoms with van der Waals surface area (Å²) in [4.78, 5) is 34.5. The van der Waals surface area contributed by atoms with E-state index in [-0.39, 0.29) is 19.0 Å². The largest absolute Gasteiger partial charge is 0.497 e. The summed E-state index contributed by atoms with van der Waals surface area (Å²) in [5.74, 6) is -8.50. The van der Waals surface area contributed by atoms with E-state index >= 15 is 0 Å². The van der Waals surface area contributed by atoms with Crippen LogP contribution in [0.3, 0.4) is 0 Å². The average Bonchev–Trinajstić information content (AvgIpc) is 2.54. The fourth-order valence-corrected chi connectivity index (χ4v) is 2.45. The van der Waals surface area contributed by atoms with Gasteiger partial charge < -0.3 is 14.2 Å². The molecule has 0 amide bonds. The normalized spacial score (nSPS) is 11.8. The maximum absolute atomic E-state index is 14.4. The fraction of sp³-hybridized carbons (Fsp3) is 0.500. The first-order valence-electron chi connectivity index (χ1n) is 7.74. The van der Waals surface area contributed by atoms with Crippen LogP contribution in [0.15, 0.2) is 12.1 Å². The summed E-state index contributed by atoms with van der Waals surface area (Å²) in [7, 11) is 1.18. The van der Waals surface area contributed by atoms with Crippen molar-refractivity contribution in [1.82, 2.24) is 0 Å². The highest BCUT2D eigenvalue weighted by molar-refractivity contribution is 5.96. The van der Waals surface area contributed by atoms with Crippen molar-refractivity contribution < 1.29 is 37.5 Å². The van der Waals surface area contributed by atoms with Gasteiger partial charge >= 0.3 is 11.9 Å². The van der Waals surface area contributed by atoms with E-state index < -0.39 is 52.4 Å². The van der Waals surface area contributed by atoms with E-state index in [0.717, 1.165) is 12.1 Å². The summed E-state index contributed by atoms with van der Waals surface area (Å²) < 4.78 is 43.0. The molecule has 0 aliphatic rings. The van der Waals surface area contributed by atoms with E-state index in [9.17, 15) is 28.5 Å². The van der Waals surface area contributed by atoms with E-state index in [2.05, 4.69) is 0 Å². The van der Waals surface area contributed by atoms with Crippen molar-refractivity contribution in [2.45, 2.75) is 19.8 Å². The summed E-state index contributed by atoms with van der Waals surface area (Å²) >= 11 is 0. The number of halogens is 2. The number of nitrogens with zero attached hydrogens (tertiary/aromatic N) is 1. The van der Waals surface area contributed by atoms with Gasteiger partial charge in [-0.15, -0.1) is 0 Å². The highest BCUT2D eigenvalue weighted by Crippen LogP contribution is 2.33. The smallest absolute Gasteiger partial charge is 0.321 e. The average molecular weight is 375 g/mol. The minimum absolute atomic E-state index is 0.131. The lowest BCUT2D eigenvalue weighted by Crippen LogP contribution is -2.37. The number of esters is 2. The Balaban J connectivity index is 3.52. The molecule has 0 saturated heterocycles. The Morgan fingerprint density at radius 2 is 1.58 bits per heavy atom. The Morgan fingerprint density at radius 3 is 1.92 bits per heavy atom. The molecule has 144 valence electrons. The number of ether oxygens (including phenoxy) is 3. The van der Waals surface area contributed by atoms with Crippen LogP contribution in [0, 0.1) is 27.7 Å². The number of hydrogen-bond donors (Lipinski definition) is 0. The number of benzene rings is 1. The van der Waals surface area contributed by atoms with E-state index in [0.29, 0.717) is 0 Å². The molecule has 1 aromatic carbocycles. The molecule has 1 rings (SSSR count). The number of methoxy groups -OCH3 is 1. The standard InChI is InChI=1S/C16H19F2NO7/c1-4-25-15(20)14(16(21)26-5-2)10(8-19(22)23)13-11(17)6-9(24-3)7-12(13)18/h6-7,10,14H,4-5,8H2,1-3H3/t10-/m0/s1. The number of carbonyl (C=O) groups is 2.